The number of carbonyl (C=O) groups excluding carboxylic acids is 3. The molecule has 0 unspecified atom stereocenters. The maximum absolute atomic E-state index is 13.8. The van der Waals surface area contributed by atoms with E-state index < -0.39 is 34.7 Å². The highest BCUT2D eigenvalue weighted by atomic mass is 32.2. The third-order valence-electron chi connectivity index (χ3n) is 7.19. The summed E-state index contributed by atoms with van der Waals surface area (Å²) >= 11 is 2.13. The SMILES string of the molecule is COc1ccc(NC(=O)COc2ccc([C@@H]3c4sc(=O)[nH]c4S[C@H]4C(=O)N(c5ccc(F)cc5)C(=O)[C@@H]34)cc2OC)cc1. The zero-order chi connectivity index (χ0) is 30.2. The minimum absolute atomic E-state index is 0.274. The molecular formula is C30H24FN3O7S2. The molecule has 3 atom stereocenters. The first-order chi connectivity index (χ1) is 20.8. The standard InChI is InChI=1S/C30H24FN3O7S2/c1-39-19-10-6-17(7-11-19)32-22(35)14-41-20-12-3-15(13-21(20)40-2)23-24-26(42-27-25(23)43-30(38)33-27)29(37)34(28(24)36)18-8-4-16(31)5-9-18/h3-13,23-24,26H,14H2,1-2H3,(H,32,35)(H,33,38)/t23-,24-,26+/m0/s1. The Hall–Kier alpha value is -4.62. The van der Waals surface area contributed by atoms with Crippen molar-refractivity contribution in [1.29, 1.82) is 0 Å². The first kappa shape index (κ1) is 28.5. The number of nitrogens with one attached hydrogen (secondary N) is 2. The van der Waals surface area contributed by atoms with E-state index in [1.54, 1.807) is 49.6 Å². The predicted octanol–water partition coefficient (Wildman–Crippen LogP) is 4.41. The normalized spacial score (nSPS) is 19.0. The van der Waals surface area contributed by atoms with Crippen LogP contribution in [0.25, 0.3) is 0 Å². The fourth-order valence-corrected chi connectivity index (χ4v) is 7.75. The topological polar surface area (TPSA) is 127 Å². The van der Waals surface area contributed by atoms with Crippen molar-refractivity contribution in [2.24, 2.45) is 5.92 Å². The number of carbonyl (C=O) groups is 3. The summed E-state index contributed by atoms with van der Waals surface area (Å²) in [6.45, 7) is -0.296. The van der Waals surface area contributed by atoms with Gasteiger partial charge in [0.1, 0.15) is 16.8 Å². The molecule has 43 heavy (non-hydrogen) atoms. The smallest absolute Gasteiger partial charge is 0.305 e. The van der Waals surface area contributed by atoms with E-state index in [2.05, 4.69) is 10.3 Å². The van der Waals surface area contributed by atoms with Crippen LogP contribution in [0, 0.1) is 11.7 Å². The lowest BCUT2D eigenvalue weighted by molar-refractivity contribution is -0.122. The summed E-state index contributed by atoms with van der Waals surface area (Å²) in [5.41, 5.74) is 1.48. The molecule has 0 radical (unpaired) electrons. The number of anilines is 2. The molecule has 1 saturated heterocycles. The quantitative estimate of drug-likeness (QED) is 0.277. The minimum atomic E-state index is -0.826. The maximum Gasteiger partial charge on any atom is 0.305 e. The van der Waals surface area contributed by atoms with Crippen LogP contribution in [0.1, 0.15) is 16.4 Å². The molecule has 3 heterocycles. The van der Waals surface area contributed by atoms with E-state index in [-0.39, 0.29) is 23.1 Å². The second-order valence-corrected chi connectivity index (χ2v) is 11.9. The second kappa shape index (κ2) is 11.6. The van der Waals surface area contributed by atoms with Crippen LogP contribution in [0.4, 0.5) is 15.8 Å². The van der Waals surface area contributed by atoms with Gasteiger partial charge in [0.05, 0.1) is 30.9 Å². The summed E-state index contributed by atoms with van der Waals surface area (Å²) in [4.78, 5) is 56.5. The van der Waals surface area contributed by atoms with Gasteiger partial charge in [0.25, 0.3) is 5.91 Å². The van der Waals surface area contributed by atoms with E-state index in [0.717, 1.165) is 28.0 Å². The van der Waals surface area contributed by atoms with Gasteiger partial charge in [0, 0.05) is 16.5 Å². The molecule has 4 aromatic rings. The molecule has 0 aliphatic carbocycles. The Balaban J connectivity index is 1.27. The van der Waals surface area contributed by atoms with Crippen LogP contribution >= 0.6 is 23.1 Å². The van der Waals surface area contributed by atoms with E-state index in [0.29, 0.717) is 38.4 Å². The lowest BCUT2D eigenvalue weighted by Crippen LogP contribution is -2.32. The molecular weight excluding hydrogens is 597 g/mol. The van der Waals surface area contributed by atoms with Gasteiger partial charge < -0.3 is 24.5 Å². The Morgan fingerprint density at radius 2 is 1.70 bits per heavy atom. The Morgan fingerprint density at radius 1 is 0.953 bits per heavy atom. The summed E-state index contributed by atoms with van der Waals surface area (Å²) in [5, 5.41) is 2.47. The number of fused-ring (bicyclic) bond motifs is 2. The average molecular weight is 622 g/mol. The average Bonchev–Trinajstić information content (AvgIpc) is 3.50. The summed E-state index contributed by atoms with van der Waals surface area (Å²) < 4.78 is 30.0. The summed E-state index contributed by atoms with van der Waals surface area (Å²) in [6.07, 6.45) is 0. The van der Waals surface area contributed by atoms with Crippen LogP contribution in [-0.2, 0) is 14.4 Å². The van der Waals surface area contributed by atoms with Gasteiger partial charge in [-0.25, -0.2) is 9.29 Å². The number of H-pyrrole nitrogens is 1. The number of methoxy groups -OCH3 is 2. The van der Waals surface area contributed by atoms with Crippen molar-refractivity contribution < 1.29 is 33.0 Å². The van der Waals surface area contributed by atoms with E-state index in [4.69, 9.17) is 14.2 Å². The highest BCUT2D eigenvalue weighted by Gasteiger charge is 2.56. The second-order valence-electron chi connectivity index (χ2n) is 9.71. The number of aromatic nitrogens is 1. The van der Waals surface area contributed by atoms with E-state index in [1.807, 2.05) is 0 Å². The predicted molar refractivity (Wildman–Crippen MR) is 159 cm³/mol. The Kier molecular flexibility index (Phi) is 7.67. The van der Waals surface area contributed by atoms with Crippen molar-refractivity contribution in [3.63, 3.8) is 0 Å². The van der Waals surface area contributed by atoms with Gasteiger partial charge in [0.2, 0.25) is 11.8 Å². The molecule has 0 spiro atoms. The molecule has 2 aliphatic rings. The van der Waals surface area contributed by atoms with Crippen LogP contribution in [-0.4, -0.2) is 48.8 Å². The number of amides is 3. The Bertz CT molecular complexity index is 1770. The molecule has 0 saturated carbocycles. The van der Waals surface area contributed by atoms with Crippen LogP contribution in [0.15, 0.2) is 76.6 Å². The monoisotopic (exact) mass is 621 g/mol. The summed E-state index contributed by atoms with van der Waals surface area (Å²) in [5.74, 6) is -1.97. The largest absolute Gasteiger partial charge is 0.497 e. The fraction of sp³-hybridized carbons (Fsp3) is 0.200. The third-order valence-corrected chi connectivity index (χ3v) is 9.59. The molecule has 0 bridgehead atoms. The molecule has 10 nitrogen and oxygen atoms in total. The molecule has 1 fully saturated rings. The number of halogens is 1. The van der Waals surface area contributed by atoms with E-state index >= 15 is 0 Å². The lowest BCUT2D eigenvalue weighted by Gasteiger charge is -2.30. The first-order valence-electron chi connectivity index (χ1n) is 13.0. The highest BCUT2D eigenvalue weighted by Crippen LogP contribution is 2.53. The maximum atomic E-state index is 13.8. The molecule has 3 aromatic carbocycles. The van der Waals surface area contributed by atoms with Crippen LogP contribution in [0.3, 0.4) is 0 Å². The number of nitrogens with zero attached hydrogens (tertiary/aromatic N) is 1. The van der Waals surface area contributed by atoms with Gasteiger partial charge in [-0.2, -0.15) is 0 Å². The molecule has 3 amide bonds. The van der Waals surface area contributed by atoms with Gasteiger partial charge in [-0.15, -0.1) is 0 Å². The van der Waals surface area contributed by atoms with Crippen LogP contribution in [0.5, 0.6) is 17.2 Å². The Labute approximate surface area is 252 Å². The number of rotatable bonds is 8. The zero-order valence-corrected chi connectivity index (χ0v) is 24.4. The van der Waals surface area contributed by atoms with Crippen molar-refractivity contribution in [2.45, 2.75) is 16.2 Å². The molecule has 13 heteroatoms. The van der Waals surface area contributed by atoms with E-state index in [9.17, 15) is 23.6 Å². The molecule has 1 aromatic heterocycles. The number of benzene rings is 3. The van der Waals surface area contributed by atoms with E-state index in [1.165, 1.54) is 31.4 Å². The van der Waals surface area contributed by atoms with Gasteiger partial charge in [-0.3, -0.25) is 19.2 Å². The van der Waals surface area contributed by atoms with Crippen molar-refractivity contribution in [2.75, 3.05) is 31.0 Å². The number of imide groups is 1. The third kappa shape index (κ3) is 5.37. The number of hydrogen-bond donors (Lipinski definition) is 2. The van der Waals surface area contributed by atoms with Crippen LogP contribution < -0.4 is 29.3 Å². The molecule has 220 valence electrons. The zero-order valence-electron chi connectivity index (χ0n) is 22.8. The number of thiazole rings is 1. The van der Waals surface area contributed by atoms with Gasteiger partial charge >= 0.3 is 4.87 Å². The lowest BCUT2D eigenvalue weighted by atomic mass is 9.83. The van der Waals surface area contributed by atoms with Gasteiger partial charge in [-0.1, -0.05) is 29.2 Å². The number of thioether (sulfide) groups is 1. The fourth-order valence-electron chi connectivity index (χ4n) is 5.23. The number of ether oxygens (including phenoxy) is 3. The number of hydrogen-bond acceptors (Lipinski definition) is 9. The highest BCUT2D eigenvalue weighted by molar-refractivity contribution is 8.00. The summed E-state index contributed by atoms with van der Waals surface area (Å²) in [6, 6.07) is 17.1. The Morgan fingerprint density at radius 3 is 2.40 bits per heavy atom. The molecule has 2 N–H and O–H groups in total. The molecule has 2 aliphatic heterocycles. The molecule has 6 rings (SSSR count). The van der Waals surface area contributed by atoms with Crippen molar-refractivity contribution >= 4 is 52.2 Å². The number of aromatic amines is 1. The van der Waals surface area contributed by atoms with Gasteiger partial charge in [-0.05, 0) is 66.2 Å². The van der Waals surface area contributed by atoms with Gasteiger partial charge in [0.15, 0.2) is 18.1 Å². The first-order valence-corrected chi connectivity index (χ1v) is 14.7. The van der Waals surface area contributed by atoms with Crippen molar-refractivity contribution in [3.05, 3.63) is 92.7 Å². The summed E-state index contributed by atoms with van der Waals surface area (Å²) in [7, 11) is 3.00. The van der Waals surface area contributed by atoms with Crippen molar-refractivity contribution in [3.8, 4) is 17.2 Å². The minimum Gasteiger partial charge on any atom is -0.497 e. The van der Waals surface area contributed by atoms with Crippen LogP contribution in [0.2, 0.25) is 0 Å². The van der Waals surface area contributed by atoms with Crippen molar-refractivity contribution in [1.82, 2.24) is 4.98 Å².